The highest BCUT2D eigenvalue weighted by Gasteiger charge is 2.58. The summed E-state index contributed by atoms with van der Waals surface area (Å²) in [6, 6.07) is 10.0. The molecule has 0 amide bonds. The van der Waals surface area contributed by atoms with Gasteiger partial charge in [-0.3, -0.25) is 0 Å². The molecule has 2 aromatic rings. The fraction of sp³-hybridized carbons (Fsp3) is 0.500. The van der Waals surface area contributed by atoms with Gasteiger partial charge in [-0.15, -0.1) is 6.58 Å². The van der Waals surface area contributed by atoms with E-state index in [0.717, 1.165) is 55.2 Å². The molecule has 1 saturated carbocycles. The number of benzene rings is 1. The van der Waals surface area contributed by atoms with Crippen LogP contribution in [0.1, 0.15) is 58.2 Å². The Hall–Kier alpha value is -1.98. The fourth-order valence-electron chi connectivity index (χ4n) is 5.85. The summed E-state index contributed by atoms with van der Waals surface area (Å²) >= 11 is 0. The summed E-state index contributed by atoms with van der Waals surface area (Å²) < 4.78 is 22.7. The Balaban J connectivity index is 1.76. The van der Waals surface area contributed by atoms with Crippen LogP contribution in [0.15, 0.2) is 48.7 Å². The molecule has 3 nitrogen and oxygen atoms in total. The minimum atomic E-state index is -1.79. The molecule has 31 heavy (non-hydrogen) atoms. The standard InChI is InChI=1S/C26H35FN2OSi/c1-6-15-26(30-31(7-2,8-3)9-4)16-14-21-17-24-20(18-25(21,26)5)19-28-29(24)23-12-10-22(27)11-13-23/h6,10-13,17,19H,1,7-9,14-16,18H2,2-5H3/t25?,26-/m0/s1. The first-order valence-corrected chi connectivity index (χ1v) is 14.2. The second-order valence-corrected chi connectivity index (χ2v) is 14.1. The van der Waals surface area contributed by atoms with Gasteiger partial charge in [0.15, 0.2) is 8.32 Å². The first-order valence-electron chi connectivity index (χ1n) is 11.7. The highest BCUT2D eigenvalue weighted by molar-refractivity contribution is 6.73. The van der Waals surface area contributed by atoms with Gasteiger partial charge in [0.05, 0.1) is 23.2 Å². The highest BCUT2D eigenvalue weighted by Crippen LogP contribution is 2.59. The van der Waals surface area contributed by atoms with Crippen molar-refractivity contribution in [3.05, 3.63) is 65.8 Å². The summed E-state index contributed by atoms with van der Waals surface area (Å²) in [5.74, 6) is -0.228. The van der Waals surface area contributed by atoms with Crippen LogP contribution in [0.4, 0.5) is 4.39 Å². The van der Waals surface area contributed by atoms with Crippen LogP contribution >= 0.6 is 0 Å². The number of hydrogen-bond acceptors (Lipinski definition) is 2. The van der Waals surface area contributed by atoms with Crippen molar-refractivity contribution >= 4 is 14.4 Å². The molecule has 4 rings (SSSR count). The van der Waals surface area contributed by atoms with E-state index < -0.39 is 8.32 Å². The molecular weight excluding hydrogens is 403 g/mol. The zero-order chi connectivity index (χ0) is 22.3. The van der Waals surface area contributed by atoms with E-state index in [1.165, 1.54) is 23.3 Å². The molecule has 0 saturated heterocycles. The van der Waals surface area contributed by atoms with Crippen molar-refractivity contribution in [2.24, 2.45) is 5.41 Å². The zero-order valence-electron chi connectivity index (χ0n) is 19.4. The van der Waals surface area contributed by atoms with Crippen LogP contribution in [0.25, 0.3) is 11.8 Å². The van der Waals surface area contributed by atoms with E-state index in [1.54, 1.807) is 12.1 Å². The topological polar surface area (TPSA) is 27.1 Å². The predicted octanol–water partition coefficient (Wildman–Crippen LogP) is 7.09. The average molecular weight is 439 g/mol. The number of rotatable bonds is 8. The van der Waals surface area contributed by atoms with Crippen LogP contribution in [0.3, 0.4) is 0 Å². The van der Waals surface area contributed by atoms with Crippen LogP contribution in [0, 0.1) is 11.2 Å². The Morgan fingerprint density at radius 1 is 1.19 bits per heavy atom. The monoisotopic (exact) mass is 438 g/mol. The number of nitrogens with zero attached hydrogens (tertiary/aromatic N) is 2. The minimum absolute atomic E-state index is 0.0530. The lowest BCUT2D eigenvalue weighted by atomic mass is 9.66. The third-order valence-corrected chi connectivity index (χ3v) is 12.8. The van der Waals surface area contributed by atoms with Crippen LogP contribution in [-0.4, -0.2) is 23.7 Å². The lowest BCUT2D eigenvalue weighted by Gasteiger charge is -2.50. The van der Waals surface area contributed by atoms with E-state index >= 15 is 0 Å². The molecule has 1 heterocycles. The van der Waals surface area contributed by atoms with E-state index in [0.29, 0.717) is 0 Å². The largest absolute Gasteiger partial charge is 0.410 e. The van der Waals surface area contributed by atoms with Gasteiger partial charge in [-0.25, -0.2) is 9.07 Å². The zero-order valence-corrected chi connectivity index (χ0v) is 20.4. The molecule has 1 aromatic heterocycles. The molecule has 0 aliphatic heterocycles. The molecule has 0 radical (unpaired) electrons. The van der Waals surface area contributed by atoms with Crippen molar-refractivity contribution in [1.29, 1.82) is 0 Å². The lowest BCUT2D eigenvalue weighted by Crippen LogP contribution is -2.54. The summed E-state index contributed by atoms with van der Waals surface area (Å²) in [7, 11) is -1.79. The van der Waals surface area contributed by atoms with Crippen molar-refractivity contribution in [2.75, 3.05) is 0 Å². The van der Waals surface area contributed by atoms with E-state index in [1.807, 2.05) is 10.9 Å². The van der Waals surface area contributed by atoms with E-state index in [4.69, 9.17) is 4.43 Å². The summed E-state index contributed by atoms with van der Waals surface area (Å²) in [4.78, 5) is 0. The van der Waals surface area contributed by atoms with Gasteiger partial charge in [-0.1, -0.05) is 39.3 Å². The van der Waals surface area contributed by atoms with Crippen LogP contribution in [0.2, 0.25) is 18.1 Å². The van der Waals surface area contributed by atoms with Crippen LogP contribution in [-0.2, 0) is 10.8 Å². The van der Waals surface area contributed by atoms with Crippen LogP contribution in [0.5, 0.6) is 0 Å². The molecule has 2 atom stereocenters. The van der Waals surface area contributed by atoms with Crippen LogP contribution < -0.4 is 0 Å². The molecule has 166 valence electrons. The number of hydrogen-bond donors (Lipinski definition) is 0. The normalized spacial score (nSPS) is 25.1. The number of halogens is 1. The lowest BCUT2D eigenvalue weighted by molar-refractivity contribution is -0.0222. The second kappa shape index (κ2) is 8.17. The molecule has 0 bridgehead atoms. The molecule has 2 aliphatic rings. The Labute approximate surface area is 187 Å². The van der Waals surface area contributed by atoms with Crippen molar-refractivity contribution < 1.29 is 8.82 Å². The molecular formula is C26H35FN2OSi. The summed E-state index contributed by atoms with van der Waals surface area (Å²) in [6.45, 7) is 13.4. The SMILES string of the molecule is C=CC[C@]1(O[Si](CC)(CC)CC)CCC2=Cc3c(cnn3-c3ccc(F)cc3)CC21C. The van der Waals surface area contributed by atoms with Gasteiger partial charge >= 0.3 is 0 Å². The predicted molar refractivity (Wildman–Crippen MR) is 128 cm³/mol. The van der Waals surface area contributed by atoms with Crippen molar-refractivity contribution in [2.45, 2.75) is 77.1 Å². The third kappa shape index (κ3) is 3.46. The summed E-state index contributed by atoms with van der Waals surface area (Å²) in [5.41, 5.74) is 4.47. The van der Waals surface area contributed by atoms with Gasteiger partial charge in [0.1, 0.15) is 5.82 Å². The highest BCUT2D eigenvalue weighted by atomic mass is 28.4. The number of fused-ring (bicyclic) bond motifs is 2. The van der Waals surface area contributed by atoms with Gasteiger partial charge < -0.3 is 4.43 Å². The van der Waals surface area contributed by atoms with Gasteiger partial charge in [-0.2, -0.15) is 5.10 Å². The molecule has 5 heteroatoms. The van der Waals surface area contributed by atoms with Gasteiger partial charge in [0.2, 0.25) is 0 Å². The molecule has 1 aromatic carbocycles. The second-order valence-electron chi connectivity index (χ2n) is 9.45. The number of aromatic nitrogens is 2. The van der Waals surface area contributed by atoms with E-state index in [2.05, 4.69) is 51.5 Å². The van der Waals surface area contributed by atoms with Gasteiger partial charge in [0, 0.05) is 5.41 Å². The summed E-state index contributed by atoms with van der Waals surface area (Å²) in [5, 5.41) is 4.67. The Morgan fingerprint density at radius 2 is 1.87 bits per heavy atom. The smallest absolute Gasteiger partial charge is 0.192 e. The Bertz CT molecular complexity index is 983. The Kier molecular flexibility index (Phi) is 5.86. The molecule has 0 spiro atoms. The van der Waals surface area contributed by atoms with E-state index in [9.17, 15) is 4.39 Å². The first kappa shape index (κ1) is 22.2. The van der Waals surface area contributed by atoms with Crippen molar-refractivity contribution in [1.82, 2.24) is 9.78 Å². The molecule has 0 N–H and O–H groups in total. The maximum atomic E-state index is 13.4. The first-order chi connectivity index (χ1) is 14.9. The Morgan fingerprint density at radius 3 is 2.48 bits per heavy atom. The molecule has 1 fully saturated rings. The summed E-state index contributed by atoms with van der Waals surface area (Å²) in [6.07, 6.45) is 10.3. The van der Waals surface area contributed by atoms with Crippen molar-refractivity contribution in [3.63, 3.8) is 0 Å². The maximum absolute atomic E-state index is 13.4. The maximum Gasteiger partial charge on any atom is 0.192 e. The van der Waals surface area contributed by atoms with Gasteiger partial charge in [-0.05, 0) is 79.7 Å². The fourth-order valence-corrected chi connectivity index (χ4v) is 9.02. The molecule has 1 unspecified atom stereocenters. The van der Waals surface area contributed by atoms with Gasteiger partial charge in [0.25, 0.3) is 0 Å². The average Bonchev–Trinajstić information content (AvgIpc) is 3.29. The quantitative estimate of drug-likeness (QED) is 0.325. The van der Waals surface area contributed by atoms with Crippen molar-refractivity contribution in [3.8, 4) is 5.69 Å². The molecule has 2 aliphatic carbocycles. The van der Waals surface area contributed by atoms with E-state index in [-0.39, 0.29) is 16.8 Å². The minimum Gasteiger partial charge on any atom is -0.410 e. The third-order valence-electron chi connectivity index (χ3n) is 8.14.